The van der Waals surface area contributed by atoms with E-state index in [1.54, 1.807) is 12.0 Å². The summed E-state index contributed by atoms with van der Waals surface area (Å²) in [6.45, 7) is 8.61. The quantitative estimate of drug-likeness (QED) is 0.444. The minimum Gasteiger partial charge on any atom is -0.383 e. The van der Waals surface area contributed by atoms with Crippen LogP contribution in [-0.4, -0.2) is 59.5 Å². The van der Waals surface area contributed by atoms with Crippen LogP contribution in [0.4, 0.5) is 0 Å². The molecule has 1 heterocycles. The summed E-state index contributed by atoms with van der Waals surface area (Å²) in [6.07, 6.45) is 7.76. The third kappa shape index (κ3) is 8.60. The van der Waals surface area contributed by atoms with Crippen molar-refractivity contribution in [1.29, 1.82) is 0 Å². The molecule has 0 aromatic carbocycles. The van der Waals surface area contributed by atoms with E-state index in [9.17, 15) is 9.59 Å². The summed E-state index contributed by atoms with van der Waals surface area (Å²) in [6, 6.07) is 4.03. The number of amides is 2. The molecule has 1 atom stereocenters. The van der Waals surface area contributed by atoms with Gasteiger partial charge in [-0.2, -0.15) is 0 Å². The Bertz CT molecular complexity index is 600. The highest BCUT2D eigenvalue weighted by Crippen LogP contribution is 2.17. The molecule has 6 nitrogen and oxygen atoms in total. The van der Waals surface area contributed by atoms with Crippen molar-refractivity contribution in [2.24, 2.45) is 13.0 Å². The van der Waals surface area contributed by atoms with E-state index in [0.29, 0.717) is 26.2 Å². The highest BCUT2D eigenvalue weighted by molar-refractivity contribution is 5.86. The van der Waals surface area contributed by atoms with Gasteiger partial charge in [0.2, 0.25) is 11.8 Å². The van der Waals surface area contributed by atoms with Gasteiger partial charge >= 0.3 is 0 Å². The Hall–Kier alpha value is -1.82. The average Bonchev–Trinajstić information content (AvgIpc) is 3.12. The third-order valence-corrected chi connectivity index (χ3v) is 5.49. The molecule has 0 fully saturated rings. The van der Waals surface area contributed by atoms with Crippen LogP contribution in [-0.2, 0) is 27.9 Å². The van der Waals surface area contributed by atoms with Crippen LogP contribution in [0.1, 0.15) is 65.0 Å². The summed E-state index contributed by atoms with van der Waals surface area (Å²) >= 11 is 0. The van der Waals surface area contributed by atoms with Crippen molar-refractivity contribution < 1.29 is 14.3 Å². The van der Waals surface area contributed by atoms with E-state index in [4.69, 9.17) is 4.74 Å². The van der Waals surface area contributed by atoms with Crippen LogP contribution in [0.3, 0.4) is 0 Å². The van der Waals surface area contributed by atoms with Crippen molar-refractivity contribution in [3.63, 3.8) is 0 Å². The first kappa shape index (κ1) is 25.2. The number of hydrogen-bond donors (Lipinski definition) is 0. The molecule has 0 saturated heterocycles. The van der Waals surface area contributed by atoms with Crippen molar-refractivity contribution in [1.82, 2.24) is 14.4 Å². The fourth-order valence-corrected chi connectivity index (χ4v) is 3.44. The monoisotopic (exact) mass is 407 g/mol. The Labute approximate surface area is 177 Å². The van der Waals surface area contributed by atoms with E-state index in [0.717, 1.165) is 44.2 Å². The van der Waals surface area contributed by atoms with Gasteiger partial charge in [0, 0.05) is 45.1 Å². The van der Waals surface area contributed by atoms with Gasteiger partial charge < -0.3 is 19.1 Å². The van der Waals surface area contributed by atoms with Crippen LogP contribution in [0.25, 0.3) is 0 Å². The van der Waals surface area contributed by atoms with E-state index in [1.807, 2.05) is 34.8 Å². The molecule has 0 spiro atoms. The molecule has 1 rings (SSSR count). The van der Waals surface area contributed by atoms with Gasteiger partial charge in [-0.05, 0) is 31.4 Å². The number of aromatic nitrogens is 1. The third-order valence-electron chi connectivity index (χ3n) is 5.49. The molecular formula is C23H41N3O3. The van der Waals surface area contributed by atoms with E-state index in [-0.39, 0.29) is 24.3 Å². The zero-order valence-corrected chi connectivity index (χ0v) is 19.2. The lowest BCUT2D eigenvalue weighted by molar-refractivity contribution is -0.144. The maximum absolute atomic E-state index is 13.2. The number of aryl methyl sites for hydroxylation is 1. The Morgan fingerprint density at radius 2 is 1.83 bits per heavy atom. The summed E-state index contributed by atoms with van der Waals surface area (Å²) in [5.74, 6) is 0.0756. The van der Waals surface area contributed by atoms with E-state index < -0.39 is 0 Å². The molecule has 0 aliphatic carbocycles. The predicted octanol–water partition coefficient (Wildman–Crippen LogP) is 3.85. The highest BCUT2D eigenvalue weighted by atomic mass is 16.5. The minimum atomic E-state index is -0.0171. The van der Waals surface area contributed by atoms with Crippen LogP contribution in [0.5, 0.6) is 0 Å². The highest BCUT2D eigenvalue weighted by Gasteiger charge is 2.26. The lowest BCUT2D eigenvalue weighted by Gasteiger charge is -2.30. The second-order valence-electron chi connectivity index (χ2n) is 7.78. The smallest absolute Gasteiger partial charge is 0.242 e. The summed E-state index contributed by atoms with van der Waals surface area (Å²) < 4.78 is 7.24. The summed E-state index contributed by atoms with van der Waals surface area (Å²) in [7, 11) is 3.62. The second-order valence-corrected chi connectivity index (χ2v) is 7.78. The van der Waals surface area contributed by atoms with Crippen molar-refractivity contribution in [2.45, 2.75) is 65.8 Å². The minimum absolute atomic E-state index is 0.00875. The molecule has 1 aromatic heterocycles. The van der Waals surface area contributed by atoms with Crippen LogP contribution in [0, 0.1) is 5.92 Å². The molecule has 0 saturated carbocycles. The number of nitrogens with zero attached hydrogens (tertiary/aromatic N) is 3. The molecule has 166 valence electrons. The molecule has 0 N–H and O–H groups in total. The van der Waals surface area contributed by atoms with Crippen molar-refractivity contribution in [3.8, 4) is 0 Å². The zero-order chi connectivity index (χ0) is 21.6. The van der Waals surface area contributed by atoms with Gasteiger partial charge in [0.1, 0.15) is 0 Å². The lowest BCUT2D eigenvalue weighted by Crippen LogP contribution is -2.46. The number of unbranched alkanes of at least 4 members (excludes halogenated alkanes) is 2. The molecule has 0 bridgehead atoms. The standard InChI is InChI=1S/C23H41N3O3/c1-6-9-12-20(8-3)23(28)26(16-17-29-5)19-22(27)25(15-10-7-2)18-21-13-11-14-24(21)4/h11,13-14,20H,6-10,12,15-19H2,1-5H3. The van der Waals surface area contributed by atoms with E-state index in [1.165, 1.54) is 0 Å². The zero-order valence-electron chi connectivity index (χ0n) is 19.2. The van der Waals surface area contributed by atoms with Crippen LogP contribution < -0.4 is 0 Å². The molecule has 6 heteroatoms. The Balaban J connectivity index is 2.89. The normalized spacial score (nSPS) is 12.0. The van der Waals surface area contributed by atoms with Gasteiger partial charge in [-0.1, -0.05) is 40.0 Å². The fraction of sp³-hybridized carbons (Fsp3) is 0.739. The maximum atomic E-state index is 13.2. The molecule has 0 aliphatic heterocycles. The fourth-order valence-electron chi connectivity index (χ4n) is 3.44. The number of hydrogen-bond acceptors (Lipinski definition) is 3. The topological polar surface area (TPSA) is 54.8 Å². The lowest BCUT2D eigenvalue weighted by atomic mass is 9.97. The number of carbonyl (C=O) groups is 2. The average molecular weight is 408 g/mol. The predicted molar refractivity (Wildman–Crippen MR) is 118 cm³/mol. The molecule has 1 unspecified atom stereocenters. The maximum Gasteiger partial charge on any atom is 0.242 e. The van der Waals surface area contributed by atoms with Crippen LogP contribution in [0.2, 0.25) is 0 Å². The molecule has 0 radical (unpaired) electrons. The summed E-state index contributed by atoms with van der Waals surface area (Å²) in [5, 5.41) is 0. The van der Waals surface area contributed by atoms with E-state index >= 15 is 0 Å². The molecule has 0 aliphatic rings. The van der Waals surface area contributed by atoms with Crippen molar-refractivity contribution in [2.75, 3.05) is 33.4 Å². The second kappa shape index (κ2) is 14.2. The Morgan fingerprint density at radius 3 is 2.38 bits per heavy atom. The number of rotatable bonds is 15. The SMILES string of the molecule is CCCCC(CC)C(=O)N(CCOC)CC(=O)N(CCCC)Cc1cccn1C. The van der Waals surface area contributed by atoms with E-state index in [2.05, 4.69) is 20.8 Å². The van der Waals surface area contributed by atoms with Gasteiger partial charge in [-0.25, -0.2) is 0 Å². The number of ether oxygens (including phenoxy) is 1. The summed E-state index contributed by atoms with van der Waals surface area (Å²) in [5.41, 5.74) is 1.10. The molecular weight excluding hydrogens is 366 g/mol. The Morgan fingerprint density at radius 1 is 1.10 bits per heavy atom. The molecule has 29 heavy (non-hydrogen) atoms. The first-order chi connectivity index (χ1) is 14.0. The van der Waals surface area contributed by atoms with Gasteiger partial charge in [-0.15, -0.1) is 0 Å². The first-order valence-corrected chi connectivity index (χ1v) is 11.1. The first-order valence-electron chi connectivity index (χ1n) is 11.1. The van der Waals surface area contributed by atoms with Crippen molar-refractivity contribution >= 4 is 11.8 Å². The van der Waals surface area contributed by atoms with Crippen molar-refractivity contribution in [3.05, 3.63) is 24.0 Å². The van der Waals surface area contributed by atoms with Gasteiger partial charge in [0.25, 0.3) is 0 Å². The number of carbonyl (C=O) groups excluding carboxylic acids is 2. The Kier molecular flexibility index (Phi) is 12.4. The molecule has 1 aromatic rings. The largest absolute Gasteiger partial charge is 0.383 e. The number of methoxy groups -OCH3 is 1. The van der Waals surface area contributed by atoms with Gasteiger partial charge in [0.05, 0.1) is 19.7 Å². The van der Waals surface area contributed by atoms with Gasteiger partial charge in [0.15, 0.2) is 0 Å². The van der Waals surface area contributed by atoms with Crippen LogP contribution >= 0.6 is 0 Å². The van der Waals surface area contributed by atoms with Gasteiger partial charge in [-0.3, -0.25) is 9.59 Å². The molecule has 2 amide bonds. The summed E-state index contributed by atoms with van der Waals surface area (Å²) in [4.78, 5) is 29.9. The van der Waals surface area contributed by atoms with Crippen LogP contribution in [0.15, 0.2) is 18.3 Å².